The second-order valence-corrected chi connectivity index (χ2v) is 12.7. The number of aromatic nitrogens is 2. The van der Waals surface area contributed by atoms with Gasteiger partial charge in [0.25, 0.3) is 0 Å². The van der Waals surface area contributed by atoms with Crippen molar-refractivity contribution in [3.63, 3.8) is 0 Å². The lowest BCUT2D eigenvalue weighted by Gasteiger charge is -2.42. The van der Waals surface area contributed by atoms with Gasteiger partial charge in [0.2, 0.25) is 0 Å². The zero-order valence-electron chi connectivity index (χ0n) is 26.9. The number of carbonyl (C=O) groups excluding carboxylic acids is 2. The fourth-order valence-corrected chi connectivity index (χ4v) is 5.79. The predicted molar refractivity (Wildman–Crippen MR) is 170 cm³/mol. The van der Waals surface area contributed by atoms with Crippen LogP contribution in [0, 0.1) is 6.92 Å². The highest BCUT2D eigenvalue weighted by molar-refractivity contribution is 5.95. The number of nitrogens with zero attached hydrogens (tertiary/aromatic N) is 6. The molecular weight excluding hydrogens is 560 g/mol. The Bertz CT molecular complexity index is 1520. The number of amides is 1. The minimum atomic E-state index is -0.842. The molecule has 0 bridgehead atoms. The molecule has 0 saturated carbocycles. The van der Waals surface area contributed by atoms with Gasteiger partial charge < -0.3 is 28.9 Å². The van der Waals surface area contributed by atoms with E-state index < -0.39 is 23.7 Å². The molecule has 0 radical (unpaired) electrons. The second-order valence-electron chi connectivity index (χ2n) is 12.7. The standard InChI is InChI=1S/C33H44N6O5/c1-22-18-23-10-8-9-11-24(23)27(19-22)37-13-12-25-26(20-37)34-31(43-17-16-36(5)6)35-29(25)38-14-15-39(28(21-38)30(40)42-7)32(41)44-33(2,3)4/h8-11,18-19,28H,12-17,20-21H2,1-7H3. The van der Waals surface area contributed by atoms with Gasteiger partial charge in [-0.05, 0) is 65.2 Å². The molecular formula is C33H44N6O5. The molecule has 1 unspecified atom stereocenters. The first kappa shape index (κ1) is 31.3. The molecule has 1 amide bonds. The summed E-state index contributed by atoms with van der Waals surface area (Å²) in [6, 6.07) is 12.4. The molecule has 236 valence electrons. The summed E-state index contributed by atoms with van der Waals surface area (Å²) in [7, 11) is 5.31. The van der Waals surface area contributed by atoms with E-state index in [1.54, 1.807) is 0 Å². The summed E-state index contributed by atoms with van der Waals surface area (Å²) in [5.41, 5.74) is 3.63. The van der Waals surface area contributed by atoms with E-state index in [0.717, 1.165) is 36.6 Å². The van der Waals surface area contributed by atoms with Crippen LogP contribution in [0.3, 0.4) is 0 Å². The molecule has 2 aromatic carbocycles. The van der Waals surface area contributed by atoms with E-state index in [1.807, 2.05) is 39.8 Å². The van der Waals surface area contributed by atoms with E-state index in [-0.39, 0.29) is 13.1 Å². The quantitative estimate of drug-likeness (QED) is 0.368. The third-order valence-electron chi connectivity index (χ3n) is 7.90. The smallest absolute Gasteiger partial charge is 0.411 e. The number of ether oxygens (including phenoxy) is 3. The largest absolute Gasteiger partial charge is 0.467 e. The summed E-state index contributed by atoms with van der Waals surface area (Å²) in [5, 5.41) is 2.42. The zero-order chi connectivity index (χ0) is 31.6. The SMILES string of the molecule is COC(=O)C1CN(c2nc(OCCN(C)C)nc3c2CCN(c2cc(C)cc4ccccc24)C3)CCN1C(=O)OC(C)(C)C. The van der Waals surface area contributed by atoms with Crippen molar-refractivity contribution in [1.82, 2.24) is 19.8 Å². The number of anilines is 2. The Kier molecular flexibility index (Phi) is 9.15. The van der Waals surface area contributed by atoms with Crippen molar-refractivity contribution in [3.05, 3.63) is 53.2 Å². The van der Waals surface area contributed by atoms with Crippen molar-refractivity contribution in [3.8, 4) is 6.01 Å². The number of hydrogen-bond donors (Lipinski definition) is 0. The minimum Gasteiger partial charge on any atom is -0.467 e. The number of fused-ring (bicyclic) bond motifs is 2. The fourth-order valence-electron chi connectivity index (χ4n) is 5.79. The Hall–Kier alpha value is -4.12. The normalized spacial score (nSPS) is 17.1. The van der Waals surface area contributed by atoms with E-state index in [9.17, 15) is 9.59 Å². The van der Waals surface area contributed by atoms with Crippen LogP contribution in [0.5, 0.6) is 6.01 Å². The summed E-state index contributed by atoms with van der Waals surface area (Å²) in [6.45, 7) is 11.1. The summed E-state index contributed by atoms with van der Waals surface area (Å²) in [5.74, 6) is 0.241. The van der Waals surface area contributed by atoms with Crippen LogP contribution in [-0.2, 0) is 27.2 Å². The monoisotopic (exact) mass is 604 g/mol. The van der Waals surface area contributed by atoms with Gasteiger partial charge in [-0.3, -0.25) is 4.90 Å². The third kappa shape index (κ3) is 6.99. The Morgan fingerprint density at radius 1 is 1.05 bits per heavy atom. The minimum absolute atomic E-state index is 0.221. The summed E-state index contributed by atoms with van der Waals surface area (Å²) < 4.78 is 16.8. The molecule has 1 aromatic heterocycles. The molecule has 2 aliphatic rings. The number of carbonyl (C=O) groups is 2. The highest BCUT2D eigenvalue weighted by Crippen LogP contribution is 2.35. The van der Waals surface area contributed by atoms with Gasteiger partial charge in [-0.25, -0.2) is 9.59 Å². The Morgan fingerprint density at radius 2 is 1.82 bits per heavy atom. The molecule has 1 atom stereocenters. The van der Waals surface area contributed by atoms with Gasteiger partial charge in [0.1, 0.15) is 18.0 Å². The molecule has 2 aliphatic heterocycles. The molecule has 1 fully saturated rings. The lowest BCUT2D eigenvalue weighted by Crippen LogP contribution is -2.59. The van der Waals surface area contributed by atoms with Crippen molar-refractivity contribution in [2.75, 3.05) is 70.3 Å². The molecule has 11 nitrogen and oxygen atoms in total. The number of methoxy groups -OCH3 is 1. The van der Waals surface area contributed by atoms with Crippen LogP contribution in [0.4, 0.5) is 16.3 Å². The highest BCUT2D eigenvalue weighted by Gasteiger charge is 2.40. The Labute approximate surface area is 259 Å². The molecule has 3 aromatic rings. The van der Waals surface area contributed by atoms with E-state index in [4.69, 9.17) is 24.2 Å². The first-order chi connectivity index (χ1) is 20.9. The number of likely N-dealkylation sites (N-methyl/N-ethyl adjacent to an activating group) is 1. The number of rotatable bonds is 7. The third-order valence-corrected chi connectivity index (χ3v) is 7.90. The Morgan fingerprint density at radius 3 is 2.55 bits per heavy atom. The van der Waals surface area contributed by atoms with Crippen LogP contribution in [-0.4, -0.2) is 104 Å². The molecule has 3 heterocycles. The highest BCUT2D eigenvalue weighted by atomic mass is 16.6. The number of aryl methyl sites for hydroxylation is 1. The first-order valence-corrected chi connectivity index (χ1v) is 15.2. The van der Waals surface area contributed by atoms with Crippen molar-refractivity contribution in [2.24, 2.45) is 0 Å². The van der Waals surface area contributed by atoms with Crippen LogP contribution in [0.1, 0.15) is 37.6 Å². The Balaban J connectivity index is 1.48. The average molecular weight is 605 g/mol. The second kappa shape index (κ2) is 12.9. The topological polar surface area (TPSA) is 101 Å². The lowest BCUT2D eigenvalue weighted by atomic mass is 10.00. The molecule has 0 N–H and O–H groups in total. The van der Waals surface area contributed by atoms with Gasteiger partial charge in [0.05, 0.1) is 25.9 Å². The van der Waals surface area contributed by atoms with E-state index in [0.29, 0.717) is 25.7 Å². The zero-order valence-corrected chi connectivity index (χ0v) is 26.9. The average Bonchev–Trinajstić information content (AvgIpc) is 2.98. The van der Waals surface area contributed by atoms with E-state index >= 15 is 0 Å². The van der Waals surface area contributed by atoms with E-state index in [2.05, 4.69) is 53.1 Å². The molecule has 44 heavy (non-hydrogen) atoms. The number of piperazine rings is 1. The fraction of sp³-hybridized carbons (Fsp3) is 0.515. The summed E-state index contributed by atoms with van der Waals surface area (Å²) in [4.78, 5) is 43.7. The van der Waals surface area contributed by atoms with Gasteiger partial charge >= 0.3 is 18.1 Å². The molecule has 11 heteroatoms. The van der Waals surface area contributed by atoms with Crippen LogP contribution in [0.25, 0.3) is 10.8 Å². The van der Waals surface area contributed by atoms with Crippen molar-refractivity contribution in [2.45, 2.75) is 52.3 Å². The van der Waals surface area contributed by atoms with Gasteiger partial charge in [0.15, 0.2) is 6.04 Å². The maximum atomic E-state index is 13.1. The maximum Gasteiger partial charge on any atom is 0.411 e. The van der Waals surface area contributed by atoms with Gasteiger partial charge in [-0.2, -0.15) is 9.97 Å². The van der Waals surface area contributed by atoms with Crippen molar-refractivity contribution in [1.29, 1.82) is 0 Å². The van der Waals surface area contributed by atoms with E-state index in [1.165, 1.54) is 34.0 Å². The molecule has 1 saturated heterocycles. The van der Waals surface area contributed by atoms with Crippen LogP contribution in [0.2, 0.25) is 0 Å². The van der Waals surface area contributed by atoms with Gasteiger partial charge in [-0.15, -0.1) is 0 Å². The number of benzene rings is 2. The van der Waals surface area contributed by atoms with Crippen molar-refractivity contribution >= 4 is 34.3 Å². The van der Waals surface area contributed by atoms with Crippen LogP contribution < -0.4 is 14.5 Å². The van der Waals surface area contributed by atoms with Crippen LogP contribution in [0.15, 0.2) is 36.4 Å². The summed E-state index contributed by atoms with van der Waals surface area (Å²) in [6.07, 6.45) is 0.186. The van der Waals surface area contributed by atoms with Crippen molar-refractivity contribution < 1.29 is 23.8 Å². The molecule has 5 rings (SSSR count). The number of esters is 1. The summed E-state index contributed by atoms with van der Waals surface area (Å²) >= 11 is 0. The molecule has 0 spiro atoms. The first-order valence-electron chi connectivity index (χ1n) is 15.2. The lowest BCUT2D eigenvalue weighted by molar-refractivity contribution is -0.147. The number of hydrogen-bond acceptors (Lipinski definition) is 10. The van der Waals surface area contributed by atoms with Crippen LogP contribution >= 0.6 is 0 Å². The predicted octanol–water partition coefficient (Wildman–Crippen LogP) is 4.04. The maximum absolute atomic E-state index is 13.1. The molecule has 0 aliphatic carbocycles. The van der Waals surface area contributed by atoms with Gasteiger partial charge in [-0.1, -0.05) is 30.3 Å². The van der Waals surface area contributed by atoms with Gasteiger partial charge in [0, 0.05) is 42.8 Å².